The second-order valence-corrected chi connectivity index (χ2v) is 8.67. The van der Waals surface area contributed by atoms with Gasteiger partial charge in [-0.05, 0) is 52.8 Å². The van der Waals surface area contributed by atoms with Crippen LogP contribution in [0.3, 0.4) is 0 Å². The molecule has 0 aliphatic heterocycles. The summed E-state index contributed by atoms with van der Waals surface area (Å²) in [5.74, 6) is 1.61. The van der Waals surface area contributed by atoms with Crippen LogP contribution in [0, 0.1) is 11.8 Å². The summed E-state index contributed by atoms with van der Waals surface area (Å²) in [6, 6.07) is 19.8. The molecule has 0 fully saturated rings. The fourth-order valence-corrected chi connectivity index (χ4v) is 4.14. The van der Waals surface area contributed by atoms with Crippen molar-refractivity contribution in [1.29, 1.82) is 0 Å². The first-order chi connectivity index (χ1) is 14.8. The lowest BCUT2D eigenvalue weighted by atomic mass is 9.72. The largest absolute Gasteiger partial charge is 0.437 e. The molecule has 31 heavy (non-hydrogen) atoms. The minimum absolute atomic E-state index is 0.181. The Morgan fingerprint density at radius 2 is 1.65 bits per heavy atom. The van der Waals surface area contributed by atoms with E-state index in [4.69, 9.17) is 22.1 Å². The van der Waals surface area contributed by atoms with E-state index in [1.807, 2.05) is 30.3 Å². The van der Waals surface area contributed by atoms with Crippen LogP contribution in [0.2, 0.25) is 5.28 Å². The van der Waals surface area contributed by atoms with Crippen molar-refractivity contribution in [3.05, 3.63) is 71.5 Å². The van der Waals surface area contributed by atoms with Crippen LogP contribution >= 0.6 is 11.6 Å². The lowest BCUT2D eigenvalue weighted by Gasteiger charge is -2.38. The number of benzene rings is 2. The number of fused-ring (bicyclic) bond motifs is 1. The molecule has 4 rings (SSSR count). The summed E-state index contributed by atoms with van der Waals surface area (Å²) in [6.07, 6.45) is 0. The normalized spacial score (nSPS) is 12.1. The monoisotopic (exact) mass is 435 g/mol. The number of nitrogens with zero attached hydrogens (tertiary/aromatic N) is 4. The third kappa shape index (κ3) is 3.89. The molecule has 2 aromatic carbocycles. The summed E-state index contributed by atoms with van der Waals surface area (Å²) in [4.78, 5) is 0. The molecule has 0 saturated carbocycles. The van der Waals surface area contributed by atoms with Crippen LogP contribution in [-0.2, 0) is 5.54 Å². The zero-order valence-corrected chi connectivity index (χ0v) is 18.8. The van der Waals surface area contributed by atoms with E-state index in [1.165, 1.54) is 4.52 Å². The van der Waals surface area contributed by atoms with Gasteiger partial charge in [0.25, 0.3) is 0 Å². The summed E-state index contributed by atoms with van der Waals surface area (Å²) in [7, 11) is 0. The van der Waals surface area contributed by atoms with Crippen molar-refractivity contribution in [3.63, 3.8) is 0 Å². The van der Waals surface area contributed by atoms with Crippen molar-refractivity contribution in [2.45, 2.75) is 33.2 Å². The fraction of sp³-hybridized carbons (Fsp3) is 0.292. The highest BCUT2D eigenvalue weighted by atomic mass is 35.5. The Hall–Kier alpha value is -2.96. The van der Waals surface area contributed by atoms with Crippen LogP contribution in [-0.4, -0.2) is 19.8 Å². The topological polar surface area (TPSA) is 78.3 Å². The first kappa shape index (κ1) is 21.3. The third-order valence-corrected chi connectivity index (χ3v) is 6.13. The molecule has 0 unspecified atom stereocenters. The molecule has 2 aromatic heterocycles. The average Bonchev–Trinajstić information content (AvgIpc) is 3.14. The summed E-state index contributed by atoms with van der Waals surface area (Å²) >= 11 is 6.06. The van der Waals surface area contributed by atoms with Crippen LogP contribution in [0.25, 0.3) is 16.8 Å². The van der Waals surface area contributed by atoms with Crippen LogP contribution < -0.4 is 10.5 Å². The van der Waals surface area contributed by atoms with E-state index < -0.39 is 5.54 Å². The van der Waals surface area contributed by atoms with E-state index in [9.17, 15) is 0 Å². The molecule has 160 valence electrons. The van der Waals surface area contributed by atoms with Gasteiger partial charge in [0.2, 0.25) is 11.2 Å². The molecule has 0 bridgehead atoms. The zero-order chi connectivity index (χ0) is 22.2. The van der Waals surface area contributed by atoms with E-state index in [2.05, 4.69) is 61.2 Å². The van der Waals surface area contributed by atoms with Crippen molar-refractivity contribution in [2.75, 3.05) is 0 Å². The number of hydrogen-bond acceptors (Lipinski definition) is 5. The van der Waals surface area contributed by atoms with Gasteiger partial charge in [-0.1, -0.05) is 64.1 Å². The molecule has 0 saturated heterocycles. The number of nitrogens with two attached hydrogens (primary N) is 1. The molecule has 0 aliphatic carbocycles. The maximum atomic E-state index is 6.94. The molecule has 0 aliphatic rings. The molecule has 2 N–H and O–H groups in total. The van der Waals surface area contributed by atoms with E-state index in [0.29, 0.717) is 17.3 Å². The highest BCUT2D eigenvalue weighted by Crippen LogP contribution is 2.40. The molecule has 7 heteroatoms. The van der Waals surface area contributed by atoms with E-state index in [0.717, 1.165) is 16.7 Å². The van der Waals surface area contributed by atoms with Crippen LogP contribution in [0.15, 0.2) is 60.7 Å². The number of halogens is 1. The second kappa shape index (κ2) is 8.29. The molecule has 2 heterocycles. The third-order valence-electron chi connectivity index (χ3n) is 5.89. The number of rotatable bonds is 6. The molecule has 0 amide bonds. The van der Waals surface area contributed by atoms with Gasteiger partial charge in [0.1, 0.15) is 5.75 Å². The Morgan fingerprint density at radius 3 is 2.32 bits per heavy atom. The van der Waals surface area contributed by atoms with Gasteiger partial charge < -0.3 is 10.5 Å². The summed E-state index contributed by atoms with van der Waals surface area (Å²) in [5.41, 5.74) is 10.1. The van der Waals surface area contributed by atoms with E-state index >= 15 is 0 Å². The maximum absolute atomic E-state index is 6.94. The van der Waals surface area contributed by atoms with E-state index in [-0.39, 0.29) is 17.1 Å². The second-order valence-electron chi connectivity index (χ2n) is 8.33. The van der Waals surface area contributed by atoms with Gasteiger partial charge in [0.15, 0.2) is 5.65 Å². The SMILES string of the molecule is CC(C)C(N)(c1ccc(Oc2ccc3nnc(Cl)n3n2)c(-c2ccccc2)c1)C(C)C. The van der Waals surface area contributed by atoms with E-state index in [1.54, 1.807) is 12.1 Å². The molecule has 4 aromatic rings. The quantitative estimate of drug-likeness (QED) is 0.420. The number of aromatic nitrogens is 4. The molecule has 0 radical (unpaired) electrons. The molecule has 0 spiro atoms. The Balaban J connectivity index is 1.82. The molecule has 6 nitrogen and oxygen atoms in total. The first-order valence-corrected chi connectivity index (χ1v) is 10.7. The van der Waals surface area contributed by atoms with Crippen molar-refractivity contribution in [2.24, 2.45) is 17.6 Å². The molecular formula is C24H26ClN5O. The minimum atomic E-state index is -0.463. The van der Waals surface area contributed by atoms with Gasteiger partial charge in [-0.3, -0.25) is 0 Å². The van der Waals surface area contributed by atoms with Crippen LogP contribution in [0.1, 0.15) is 33.3 Å². The van der Waals surface area contributed by atoms with Crippen LogP contribution in [0.4, 0.5) is 0 Å². The fourth-order valence-electron chi connectivity index (χ4n) is 3.98. The Labute approximate surface area is 187 Å². The van der Waals surface area contributed by atoms with Crippen molar-refractivity contribution >= 4 is 17.2 Å². The van der Waals surface area contributed by atoms with Gasteiger partial charge in [-0.15, -0.1) is 15.3 Å². The lowest BCUT2D eigenvalue weighted by Crippen LogP contribution is -2.46. The van der Waals surface area contributed by atoms with Crippen molar-refractivity contribution in [1.82, 2.24) is 19.8 Å². The zero-order valence-electron chi connectivity index (χ0n) is 18.1. The smallest absolute Gasteiger partial charge is 0.246 e. The van der Waals surface area contributed by atoms with Gasteiger partial charge in [-0.25, -0.2) is 0 Å². The Bertz CT molecular complexity index is 1200. The van der Waals surface area contributed by atoms with Crippen molar-refractivity contribution < 1.29 is 4.74 Å². The van der Waals surface area contributed by atoms with Crippen molar-refractivity contribution in [3.8, 4) is 22.8 Å². The molecular weight excluding hydrogens is 410 g/mol. The highest BCUT2D eigenvalue weighted by molar-refractivity contribution is 6.28. The number of hydrogen-bond donors (Lipinski definition) is 1. The standard InChI is InChI=1S/C24H26ClN5O/c1-15(2)24(26,16(3)4)18-10-11-20(19(14-18)17-8-6-5-7-9-17)31-22-13-12-21-27-28-23(25)30(21)29-22/h5-16H,26H2,1-4H3. The Morgan fingerprint density at radius 1 is 0.935 bits per heavy atom. The minimum Gasteiger partial charge on any atom is -0.437 e. The first-order valence-electron chi connectivity index (χ1n) is 10.4. The summed E-state index contributed by atoms with van der Waals surface area (Å²) in [6.45, 7) is 8.65. The number of ether oxygens (including phenoxy) is 1. The van der Waals surface area contributed by atoms with Gasteiger partial charge >= 0.3 is 0 Å². The Kier molecular flexibility index (Phi) is 5.69. The van der Waals surface area contributed by atoms with Crippen LogP contribution in [0.5, 0.6) is 11.6 Å². The molecule has 0 atom stereocenters. The summed E-state index contributed by atoms with van der Waals surface area (Å²) in [5, 5.41) is 12.4. The lowest BCUT2D eigenvalue weighted by molar-refractivity contribution is 0.227. The predicted octanol–water partition coefficient (Wildman–Crippen LogP) is 5.70. The maximum Gasteiger partial charge on any atom is 0.246 e. The van der Waals surface area contributed by atoms with Gasteiger partial charge in [-0.2, -0.15) is 4.52 Å². The predicted molar refractivity (Wildman–Crippen MR) is 123 cm³/mol. The van der Waals surface area contributed by atoms with Gasteiger partial charge in [0.05, 0.1) is 0 Å². The van der Waals surface area contributed by atoms with Gasteiger partial charge in [0, 0.05) is 17.2 Å². The average molecular weight is 436 g/mol. The highest BCUT2D eigenvalue weighted by Gasteiger charge is 2.35. The summed E-state index contributed by atoms with van der Waals surface area (Å²) < 4.78 is 7.64.